The molecule has 4 nitrogen and oxygen atoms in total. The Morgan fingerprint density at radius 1 is 1.12 bits per heavy atom. The van der Waals surface area contributed by atoms with Gasteiger partial charge < -0.3 is 14.1 Å². The second-order valence-electron chi connectivity index (χ2n) is 7.32. The van der Waals surface area contributed by atoms with Crippen LogP contribution in [0.2, 0.25) is 5.02 Å². The molecule has 0 saturated carbocycles. The molecule has 134 valence electrons. The average Bonchev–Trinajstić information content (AvgIpc) is 3.11. The Labute approximate surface area is 157 Å². The number of rotatable bonds is 4. The fourth-order valence-electron chi connectivity index (χ4n) is 4.07. The summed E-state index contributed by atoms with van der Waals surface area (Å²) in [6, 6.07) is 13.8. The third-order valence-electron chi connectivity index (χ3n) is 5.61. The summed E-state index contributed by atoms with van der Waals surface area (Å²) in [6.07, 6.45) is 2.95. The third kappa shape index (κ3) is 3.13. The van der Waals surface area contributed by atoms with Crippen molar-refractivity contribution in [2.24, 2.45) is 5.92 Å². The lowest BCUT2D eigenvalue weighted by Crippen LogP contribution is -2.51. The van der Waals surface area contributed by atoms with Gasteiger partial charge in [0.05, 0.1) is 12.7 Å². The second-order valence-corrected chi connectivity index (χ2v) is 7.75. The molecular formula is C21H21ClN2O2. The van der Waals surface area contributed by atoms with Crippen molar-refractivity contribution in [3.05, 3.63) is 53.1 Å². The Bertz CT molecular complexity index is 913. The molecule has 0 aliphatic carbocycles. The maximum absolute atomic E-state index is 6.21. The second kappa shape index (κ2) is 6.69. The van der Waals surface area contributed by atoms with Gasteiger partial charge in [-0.25, -0.2) is 4.98 Å². The highest BCUT2D eigenvalue weighted by Gasteiger charge is 2.34. The van der Waals surface area contributed by atoms with E-state index in [1.807, 2.05) is 30.3 Å². The van der Waals surface area contributed by atoms with Crippen LogP contribution < -0.4 is 0 Å². The summed E-state index contributed by atoms with van der Waals surface area (Å²) < 4.78 is 12.0. The molecule has 3 aliphatic rings. The van der Waals surface area contributed by atoms with E-state index in [1.165, 1.54) is 31.5 Å². The molecule has 3 aliphatic heterocycles. The number of halogens is 1. The molecule has 4 heterocycles. The van der Waals surface area contributed by atoms with E-state index in [-0.39, 0.29) is 0 Å². The summed E-state index contributed by atoms with van der Waals surface area (Å²) >= 11 is 6.02. The van der Waals surface area contributed by atoms with E-state index in [0.717, 1.165) is 29.1 Å². The predicted octanol–water partition coefficient (Wildman–Crippen LogP) is 4.76. The minimum absolute atomic E-state index is 0.388. The minimum atomic E-state index is 0.388. The Hall–Kier alpha value is -1.88. The molecule has 6 rings (SSSR count). The van der Waals surface area contributed by atoms with Gasteiger partial charge in [0.15, 0.2) is 5.58 Å². The highest BCUT2D eigenvalue weighted by Crippen LogP contribution is 2.30. The molecule has 0 spiro atoms. The van der Waals surface area contributed by atoms with Crippen LogP contribution in [0.15, 0.2) is 46.9 Å². The quantitative estimate of drug-likeness (QED) is 0.665. The van der Waals surface area contributed by atoms with Crippen LogP contribution in [0.25, 0.3) is 22.6 Å². The van der Waals surface area contributed by atoms with Gasteiger partial charge in [-0.2, -0.15) is 0 Å². The van der Waals surface area contributed by atoms with Crippen molar-refractivity contribution in [3.8, 4) is 11.5 Å². The lowest BCUT2D eigenvalue weighted by atomic mass is 9.86. The molecule has 3 saturated heterocycles. The Morgan fingerprint density at radius 2 is 1.92 bits per heavy atom. The van der Waals surface area contributed by atoms with E-state index in [2.05, 4.69) is 22.0 Å². The van der Waals surface area contributed by atoms with Crippen molar-refractivity contribution in [2.75, 3.05) is 19.6 Å². The van der Waals surface area contributed by atoms with Crippen LogP contribution in [0.4, 0.5) is 0 Å². The molecule has 0 N–H and O–H groups in total. The Balaban J connectivity index is 1.27. The maximum atomic E-state index is 6.21. The number of hydrogen-bond donors (Lipinski definition) is 0. The normalized spacial score (nSPS) is 25.0. The van der Waals surface area contributed by atoms with E-state index >= 15 is 0 Å². The van der Waals surface area contributed by atoms with E-state index in [9.17, 15) is 0 Å². The average molecular weight is 369 g/mol. The van der Waals surface area contributed by atoms with Crippen LogP contribution in [0, 0.1) is 5.92 Å². The van der Waals surface area contributed by atoms with Gasteiger partial charge in [-0.1, -0.05) is 23.7 Å². The number of ether oxygens (including phenoxy) is 1. The largest absolute Gasteiger partial charge is 0.436 e. The molecule has 1 aromatic heterocycles. The molecule has 2 bridgehead atoms. The first-order chi connectivity index (χ1) is 12.7. The van der Waals surface area contributed by atoms with Crippen LogP contribution in [0.5, 0.6) is 0 Å². The van der Waals surface area contributed by atoms with Gasteiger partial charge in [-0.15, -0.1) is 0 Å². The van der Waals surface area contributed by atoms with Gasteiger partial charge in [-0.3, -0.25) is 0 Å². The van der Waals surface area contributed by atoms with Crippen LogP contribution in [-0.2, 0) is 11.3 Å². The van der Waals surface area contributed by atoms with Gasteiger partial charge in [-0.05, 0) is 67.7 Å². The number of fused-ring (bicyclic) bond motifs is 4. The number of benzene rings is 2. The topological polar surface area (TPSA) is 38.5 Å². The molecule has 0 amide bonds. The van der Waals surface area contributed by atoms with Crippen LogP contribution in [0.3, 0.4) is 0 Å². The van der Waals surface area contributed by atoms with Gasteiger partial charge in [0.25, 0.3) is 0 Å². The van der Waals surface area contributed by atoms with E-state index < -0.39 is 0 Å². The van der Waals surface area contributed by atoms with Crippen molar-refractivity contribution in [3.63, 3.8) is 0 Å². The van der Waals surface area contributed by atoms with Crippen LogP contribution in [0.1, 0.15) is 18.4 Å². The smallest absolute Gasteiger partial charge is 0.227 e. The van der Waals surface area contributed by atoms with Crippen LogP contribution in [-0.4, -0.2) is 35.6 Å². The monoisotopic (exact) mass is 368 g/mol. The summed E-state index contributed by atoms with van der Waals surface area (Å²) in [4.78, 5) is 7.05. The summed E-state index contributed by atoms with van der Waals surface area (Å²) in [7, 11) is 0. The van der Waals surface area contributed by atoms with Crippen molar-refractivity contribution >= 4 is 22.7 Å². The maximum Gasteiger partial charge on any atom is 0.227 e. The van der Waals surface area contributed by atoms with Crippen molar-refractivity contribution in [1.82, 2.24) is 9.88 Å². The highest BCUT2D eigenvalue weighted by molar-refractivity contribution is 6.31. The Kier molecular flexibility index (Phi) is 4.20. The molecule has 5 heteroatoms. The number of piperidine rings is 3. The molecule has 2 aromatic carbocycles. The van der Waals surface area contributed by atoms with Crippen molar-refractivity contribution in [2.45, 2.75) is 25.6 Å². The summed E-state index contributed by atoms with van der Waals surface area (Å²) in [5.41, 5.74) is 3.68. The molecule has 1 atom stereocenters. The number of oxazole rings is 1. The fraction of sp³-hybridized carbons (Fsp3) is 0.381. The summed E-state index contributed by atoms with van der Waals surface area (Å²) in [5, 5.41) is 0.664. The fourth-order valence-corrected chi connectivity index (χ4v) is 4.24. The zero-order valence-electron chi connectivity index (χ0n) is 14.5. The van der Waals surface area contributed by atoms with Crippen LogP contribution >= 0.6 is 11.6 Å². The first kappa shape index (κ1) is 16.3. The standard InChI is InChI=1S/C21H21ClN2O2/c22-17-5-6-19-18(11-17)23-21(26-19)16-3-1-14(2-4-16)13-25-20-12-24-9-7-15(20)8-10-24/h1-6,11,15,20H,7-10,12-13H2. The molecular weight excluding hydrogens is 348 g/mol. The van der Waals surface area contributed by atoms with Gasteiger partial charge >= 0.3 is 0 Å². The lowest BCUT2D eigenvalue weighted by Gasteiger charge is -2.44. The van der Waals surface area contributed by atoms with Gasteiger partial charge in [0.2, 0.25) is 5.89 Å². The van der Waals surface area contributed by atoms with E-state index in [4.69, 9.17) is 20.8 Å². The zero-order chi connectivity index (χ0) is 17.5. The van der Waals surface area contributed by atoms with Gasteiger partial charge in [0, 0.05) is 17.1 Å². The zero-order valence-corrected chi connectivity index (χ0v) is 15.3. The molecule has 3 fully saturated rings. The van der Waals surface area contributed by atoms with Crippen molar-refractivity contribution < 1.29 is 9.15 Å². The minimum Gasteiger partial charge on any atom is -0.436 e. The van der Waals surface area contributed by atoms with Gasteiger partial charge in [0.1, 0.15) is 5.52 Å². The predicted molar refractivity (Wildman–Crippen MR) is 102 cm³/mol. The van der Waals surface area contributed by atoms with E-state index in [1.54, 1.807) is 0 Å². The number of hydrogen-bond acceptors (Lipinski definition) is 4. The number of nitrogens with zero attached hydrogens (tertiary/aromatic N) is 2. The summed E-state index contributed by atoms with van der Waals surface area (Å²) in [6.45, 7) is 4.25. The lowest BCUT2D eigenvalue weighted by molar-refractivity contribution is -0.0765. The molecule has 0 radical (unpaired) electrons. The Morgan fingerprint density at radius 3 is 2.65 bits per heavy atom. The first-order valence-corrected chi connectivity index (χ1v) is 9.62. The molecule has 26 heavy (non-hydrogen) atoms. The SMILES string of the molecule is Clc1ccc2oc(-c3ccc(COC4CN5CCC4CC5)cc3)nc2c1. The van der Waals surface area contributed by atoms with E-state index in [0.29, 0.717) is 23.6 Å². The molecule has 3 aromatic rings. The summed E-state index contributed by atoms with van der Waals surface area (Å²) in [5.74, 6) is 1.36. The first-order valence-electron chi connectivity index (χ1n) is 9.24. The van der Waals surface area contributed by atoms with Crippen molar-refractivity contribution in [1.29, 1.82) is 0 Å². The highest BCUT2D eigenvalue weighted by atomic mass is 35.5. The third-order valence-corrected chi connectivity index (χ3v) is 5.85. The number of aromatic nitrogens is 1. The molecule has 1 unspecified atom stereocenters.